The molecule has 0 aliphatic carbocycles. The molecule has 0 spiro atoms. The van der Waals surface area contributed by atoms with Crippen LogP contribution in [0.1, 0.15) is 26.2 Å². The Kier molecular flexibility index (Phi) is 10.3. The van der Waals surface area contributed by atoms with E-state index in [1.165, 1.54) is 0 Å². The van der Waals surface area contributed by atoms with Crippen LogP contribution in [0.2, 0.25) is 0 Å². The predicted molar refractivity (Wildman–Crippen MR) is 67.2 cm³/mol. The highest BCUT2D eigenvalue weighted by Gasteiger charge is 1.96. The summed E-state index contributed by atoms with van der Waals surface area (Å²) in [4.78, 5) is 14.6. The summed E-state index contributed by atoms with van der Waals surface area (Å²) in [5.74, 6) is 5.50. The van der Waals surface area contributed by atoms with Crippen molar-refractivity contribution in [3.8, 4) is 0 Å². The van der Waals surface area contributed by atoms with E-state index in [4.69, 9.17) is 16.3 Å². The lowest BCUT2D eigenvalue weighted by Crippen LogP contribution is -2.42. The van der Waals surface area contributed by atoms with Gasteiger partial charge >= 0.3 is 0 Å². The molecule has 100 valence electrons. The smallest absolute Gasteiger partial charge is 0.217 e. The van der Waals surface area contributed by atoms with Crippen molar-refractivity contribution in [2.45, 2.75) is 26.2 Å². The van der Waals surface area contributed by atoms with Crippen LogP contribution in [-0.2, 0) is 9.53 Å². The number of aliphatic imine (C=N–C) groups is 1. The lowest BCUT2D eigenvalue weighted by Gasteiger charge is -2.08. The third-order valence-electron chi connectivity index (χ3n) is 1.95. The summed E-state index contributed by atoms with van der Waals surface area (Å²) < 4.78 is 5.19. The maximum atomic E-state index is 10.5. The average molecular weight is 245 g/mol. The maximum absolute atomic E-state index is 10.5. The number of hydrazine groups is 1. The second-order valence-electron chi connectivity index (χ2n) is 3.42. The number of carbonyl (C=O) groups is 1. The van der Waals surface area contributed by atoms with Crippen molar-refractivity contribution in [3.63, 3.8) is 0 Å². The first kappa shape index (κ1) is 15.7. The molecule has 0 aliphatic rings. The number of hydrogen-bond acceptors (Lipinski definition) is 4. The molecule has 0 aromatic carbocycles. The SMILES string of the molecule is CCOCCCNC(=NCCCC(N)=O)NN. The fourth-order valence-electron chi connectivity index (χ4n) is 1.12. The van der Waals surface area contributed by atoms with E-state index in [0.29, 0.717) is 32.0 Å². The molecule has 0 aromatic heterocycles. The minimum Gasteiger partial charge on any atom is -0.382 e. The average Bonchev–Trinajstić information content (AvgIpc) is 2.31. The van der Waals surface area contributed by atoms with Crippen LogP contribution in [0.3, 0.4) is 0 Å². The van der Waals surface area contributed by atoms with Gasteiger partial charge in [0, 0.05) is 32.7 Å². The Morgan fingerprint density at radius 1 is 1.41 bits per heavy atom. The van der Waals surface area contributed by atoms with E-state index >= 15 is 0 Å². The molecule has 0 unspecified atom stereocenters. The highest BCUT2D eigenvalue weighted by Crippen LogP contribution is 1.88. The first-order valence-corrected chi connectivity index (χ1v) is 5.81. The number of hydrogen-bond donors (Lipinski definition) is 4. The molecule has 17 heavy (non-hydrogen) atoms. The molecule has 0 saturated carbocycles. The summed E-state index contributed by atoms with van der Waals surface area (Å²) >= 11 is 0. The zero-order valence-electron chi connectivity index (χ0n) is 10.4. The summed E-state index contributed by atoms with van der Waals surface area (Å²) in [6, 6.07) is 0. The van der Waals surface area contributed by atoms with E-state index in [0.717, 1.165) is 19.6 Å². The van der Waals surface area contributed by atoms with Crippen LogP contribution in [0.15, 0.2) is 4.99 Å². The molecule has 0 radical (unpaired) electrons. The van der Waals surface area contributed by atoms with Gasteiger partial charge < -0.3 is 15.8 Å². The fourth-order valence-corrected chi connectivity index (χ4v) is 1.12. The molecule has 7 heteroatoms. The van der Waals surface area contributed by atoms with Gasteiger partial charge in [-0.25, -0.2) is 5.84 Å². The Morgan fingerprint density at radius 2 is 2.18 bits per heavy atom. The van der Waals surface area contributed by atoms with Gasteiger partial charge in [0.15, 0.2) is 0 Å². The summed E-state index contributed by atoms with van der Waals surface area (Å²) in [5, 5.41) is 3.03. The molecular formula is C10H23N5O2. The molecule has 0 atom stereocenters. The van der Waals surface area contributed by atoms with Gasteiger partial charge in [-0.15, -0.1) is 0 Å². The molecule has 7 nitrogen and oxygen atoms in total. The molecule has 0 fully saturated rings. The van der Waals surface area contributed by atoms with E-state index in [-0.39, 0.29) is 5.91 Å². The Hall–Kier alpha value is -1.34. The van der Waals surface area contributed by atoms with Gasteiger partial charge in [0.05, 0.1) is 0 Å². The van der Waals surface area contributed by atoms with Gasteiger partial charge in [0.1, 0.15) is 0 Å². The quantitative estimate of drug-likeness (QED) is 0.138. The zero-order valence-corrected chi connectivity index (χ0v) is 10.4. The molecule has 0 bridgehead atoms. The van der Waals surface area contributed by atoms with Gasteiger partial charge in [-0.1, -0.05) is 0 Å². The van der Waals surface area contributed by atoms with Crippen LogP contribution in [0.25, 0.3) is 0 Å². The Bertz CT molecular complexity index is 233. The largest absolute Gasteiger partial charge is 0.382 e. The van der Waals surface area contributed by atoms with Crippen molar-refractivity contribution in [3.05, 3.63) is 0 Å². The van der Waals surface area contributed by atoms with Crippen LogP contribution >= 0.6 is 0 Å². The van der Waals surface area contributed by atoms with Crippen molar-refractivity contribution in [1.82, 2.24) is 10.7 Å². The molecule has 0 heterocycles. The number of carbonyl (C=O) groups excluding carboxylic acids is 1. The predicted octanol–water partition coefficient (Wildman–Crippen LogP) is -0.913. The lowest BCUT2D eigenvalue weighted by atomic mass is 10.3. The summed E-state index contributed by atoms with van der Waals surface area (Å²) in [6.07, 6.45) is 1.85. The molecular weight excluding hydrogens is 222 g/mol. The van der Waals surface area contributed by atoms with Crippen molar-refractivity contribution in [2.75, 3.05) is 26.3 Å². The number of ether oxygens (including phenoxy) is 1. The summed E-state index contributed by atoms with van der Waals surface area (Å²) in [6.45, 7) is 4.65. The first-order valence-electron chi connectivity index (χ1n) is 5.81. The van der Waals surface area contributed by atoms with Gasteiger partial charge in [-0.05, 0) is 19.8 Å². The van der Waals surface area contributed by atoms with E-state index in [2.05, 4.69) is 15.7 Å². The second kappa shape index (κ2) is 11.2. The first-order chi connectivity index (χ1) is 8.20. The molecule has 0 saturated heterocycles. The van der Waals surface area contributed by atoms with Gasteiger partial charge in [-0.2, -0.15) is 0 Å². The molecule has 0 aromatic rings. The highest BCUT2D eigenvalue weighted by atomic mass is 16.5. The van der Waals surface area contributed by atoms with Crippen LogP contribution < -0.4 is 22.3 Å². The summed E-state index contributed by atoms with van der Waals surface area (Å²) in [5.41, 5.74) is 7.47. The van der Waals surface area contributed by atoms with Gasteiger partial charge in [0.2, 0.25) is 11.9 Å². The molecule has 1 amide bonds. The van der Waals surface area contributed by atoms with Crippen LogP contribution in [0, 0.1) is 0 Å². The second-order valence-corrected chi connectivity index (χ2v) is 3.42. The van der Waals surface area contributed by atoms with Crippen molar-refractivity contribution >= 4 is 11.9 Å². The number of nitrogens with zero attached hydrogens (tertiary/aromatic N) is 1. The zero-order chi connectivity index (χ0) is 12.9. The lowest BCUT2D eigenvalue weighted by molar-refractivity contribution is -0.118. The number of amides is 1. The number of primary amides is 1. The fraction of sp³-hybridized carbons (Fsp3) is 0.800. The molecule has 6 N–H and O–H groups in total. The van der Waals surface area contributed by atoms with Crippen molar-refractivity contribution in [1.29, 1.82) is 0 Å². The van der Waals surface area contributed by atoms with E-state index in [1.54, 1.807) is 0 Å². The number of rotatable bonds is 9. The Morgan fingerprint density at radius 3 is 2.76 bits per heavy atom. The molecule has 0 aliphatic heterocycles. The van der Waals surface area contributed by atoms with Gasteiger partial charge in [0.25, 0.3) is 0 Å². The minimum atomic E-state index is -0.313. The summed E-state index contributed by atoms with van der Waals surface area (Å²) in [7, 11) is 0. The van der Waals surface area contributed by atoms with Crippen molar-refractivity contribution < 1.29 is 9.53 Å². The van der Waals surface area contributed by atoms with Gasteiger partial charge in [-0.3, -0.25) is 15.2 Å². The third-order valence-corrected chi connectivity index (χ3v) is 1.95. The van der Waals surface area contributed by atoms with E-state index < -0.39 is 0 Å². The maximum Gasteiger partial charge on any atom is 0.217 e. The highest BCUT2D eigenvalue weighted by molar-refractivity contribution is 5.79. The van der Waals surface area contributed by atoms with E-state index in [1.807, 2.05) is 6.92 Å². The number of guanidine groups is 1. The minimum absolute atomic E-state index is 0.313. The Balaban J connectivity index is 3.59. The monoisotopic (exact) mass is 245 g/mol. The Labute approximate surface area is 102 Å². The standard InChI is InChI=1S/C10H23N5O2/c1-2-17-8-4-7-14-10(15-12)13-6-3-5-9(11)16/h2-8,12H2,1H3,(H2,11,16)(H2,13,14,15). The van der Waals surface area contributed by atoms with Crippen LogP contribution in [-0.4, -0.2) is 38.2 Å². The normalized spacial score (nSPS) is 11.3. The van der Waals surface area contributed by atoms with Crippen LogP contribution in [0.5, 0.6) is 0 Å². The van der Waals surface area contributed by atoms with E-state index in [9.17, 15) is 4.79 Å². The molecule has 0 rings (SSSR count). The van der Waals surface area contributed by atoms with Crippen LogP contribution in [0.4, 0.5) is 0 Å². The van der Waals surface area contributed by atoms with Crippen molar-refractivity contribution in [2.24, 2.45) is 16.6 Å². The number of nitrogens with two attached hydrogens (primary N) is 2. The number of nitrogens with one attached hydrogen (secondary N) is 2. The third kappa shape index (κ3) is 10.9. The topological polar surface area (TPSA) is 115 Å².